The van der Waals surface area contributed by atoms with E-state index < -0.39 is 10.8 Å². The predicted octanol–water partition coefficient (Wildman–Crippen LogP) is 17.2. The maximum atomic E-state index is 7.91. The lowest BCUT2D eigenvalue weighted by Gasteiger charge is -2.52. The quantitative estimate of drug-likeness (QED) is 0.176. The van der Waals surface area contributed by atoms with Gasteiger partial charge in [0.2, 0.25) is 0 Å². The highest BCUT2D eigenvalue weighted by atomic mass is 16.4. The van der Waals surface area contributed by atoms with E-state index in [1.807, 2.05) is 0 Å². The third kappa shape index (κ3) is 5.19. The minimum Gasteiger partial charge on any atom is -0.459 e. The molecule has 0 radical (unpaired) electrons. The molecule has 0 fully saturated rings. The van der Waals surface area contributed by atoms with Crippen molar-refractivity contribution in [2.45, 2.75) is 10.8 Å². The Labute approximate surface area is 405 Å². The third-order valence-corrected chi connectivity index (χ3v) is 15.2. The number of fused-ring (bicyclic) bond motifs is 16. The maximum absolute atomic E-state index is 7.91. The summed E-state index contributed by atoms with van der Waals surface area (Å²) in [6, 6.07) is 92.4. The summed E-state index contributed by atoms with van der Waals surface area (Å²) in [7, 11) is 0. The van der Waals surface area contributed by atoms with Crippen LogP contribution in [0.2, 0.25) is 0 Å². The average molecular weight is 895 g/mol. The fraction of sp³-hybridized carbons (Fsp3) is 0.0303. The van der Waals surface area contributed by atoms with Gasteiger partial charge >= 0.3 is 0 Å². The highest BCUT2D eigenvalue weighted by molar-refractivity contribution is 5.96. The van der Waals surface area contributed by atoms with Crippen LogP contribution in [0, 0.1) is 0 Å². The first-order valence-electron chi connectivity index (χ1n) is 24.1. The fourth-order valence-electron chi connectivity index (χ4n) is 12.4. The molecule has 70 heavy (non-hydrogen) atoms. The number of hydrogen-bond acceptors (Lipinski definition) is 4. The monoisotopic (exact) mass is 894 g/mol. The summed E-state index contributed by atoms with van der Waals surface area (Å²) < 4.78 is 15.8. The summed E-state index contributed by atoms with van der Waals surface area (Å²) in [4.78, 5) is 4.83. The zero-order chi connectivity index (χ0) is 46.0. The van der Waals surface area contributed by atoms with E-state index in [9.17, 15) is 0 Å². The van der Waals surface area contributed by atoms with Crippen molar-refractivity contribution in [2.24, 2.45) is 0 Å². The van der Waals surface area contributed by atoms with E-state index in [0.29, 0.717) is 0 Å². The van der Waals surface area contributed by atoms with Gasteiger partial charge in [0, 0.05) is 33.6 Å². The predicted molar refractivity (Wildman–Crippen MR) is 284 cm³/mol. The molecule has 4 nitrogen and oxygen atoms in total. The Balaban J connectivity index is 1.13. The Morgan fingerprint density at radius 2 is 0.571 bits per heavy atom. The average Bonchev–Trinajstić information content (AvgIpc) is 4.10. The van der Waals surface area contributed by atoms with Gasteiger partial charge < -0.3 is 18.6 Å². The first-order chi connectivity index (χ1) is 34.7. The van der Waals surface area contributed by atoms with E-state index in [1.54, 1.807) is 0 Å². The molecule has 2 aliphatic heterocycles. The van der Waals surface area contributed by atoms with Gasteiger partial charge in [0.05, 0.1) is 22.7 Å². The maximum Gasteiger partial charge on any atom is 0.134 e. The minimum atomic E-state index is -0.984. The van der Waals surface area contributed by atoms with Crippen LogP contribution in [0.3, 0.4) is 0 Å². The van der Waals surface area contributed by atoms with Gasteiger partial charge in [0.1, 0.15) is 33.9 Å². The number of hydrogen-bond donors (Lipinski definition) is 0. The summed E-state index contributed by atoms with van der Waals surface area (Å²) in [6.45, 7) is 0. The van der Waals surface area contributed by atoms with Gasteiger partial charge in [-0.2, -0.15) is 0 Å². The second-order valence-electron chi connectivity index (χ2n) is 18.7. The van der Waals surface area contributed by atoms with E-state index in [4.69, 9.17) is 8.83 Å². The summed E-state index contributed by atoms with van der Waals surface area (Å²) in [5.74, 6) is 3.35. The molecule has 4 heterocycles. The van der Waals surface area contributed by atoms with Crippen LogP contribution in [-0.2, 0) is 10.8 Å². The van der Waals surface area contributed by atoms with E-state index in [1.165, 1.54) is 10.8 Å². The zero-order valence-electron chi connectivity index (χ0n) is 38.0. The fourth-order valence-corrected chi connectivity index (χ4v) is 12.4. The van der Waals surface area contributed by atoms with Gasteiger partial charge in [-0.15, -0.1) is 0 Å². The lowest BCUT2D eigenvalue weighted by Crippen LogP contribution is -2.48. The second-order valence-corrected chi connectivity index (χ2v) is 18.7. The van der Waals surface area contributed by atoms with Crippen molar-refractivity contribution in [3.63, 3.8) is 0 Å². The van der Waals surface area contributed by atoms with Crippen LogP contribution in [0.25, 0.3) is 44.2 Å². The summed E-state index contributed by atoms with van der Waals surface area (Å²) in [5, 5.41) is 4.68. The number of furan rings is 2. The van der Waals surface area contributed by atoms with Crippen LogP contribution in [0.4, 0.5) is 34.1 Å². The van der Waals surface area contributed by atoms with Crippen molar-refractivity contribution in [1.82, 2.24) is 0 Å². The molecule has 0 amide bonds. The molecule has 15 rings (SSSR count). The summed E-state index contributed by atoms with van der Waals surface area (Å²) in [6.07, 6.45) is 0. The van der Waals surface area contributed by atoms with Gasteiger partial charge in [-0.25, -0.2) is 0 Å². The molecular formula is C66H42N2O2. The van der Waals surface area contributed by atoms with Gasteiger partial charge in [0.15, 0.2) is 0 Å². The van der Waals surface area contributed by atoms with Crippen LogP contribution < -0.4 is 9.80 Å². The zero-order valence-corrected chi connectivity index (χ0v) is 38.0. The summed E-state index contributed by atoms with van der Waals surface area (Å²) >= 11 is 0. The second kappa shape index (κ2) is 14.7. The number of para-hydroxylation sites is 6. The molecule has 0 atom stereocenters. The number of anilines is 6. The highest BCUT2D eigenvalue weighted by Crippen LogP contribution is 2.69. The molecule has 0 saturated carbocycles. The van der Waals surface area contributed by atoms with E-state index in [0.717, 1.165) is 112 Å². The molecule has 4 heteroatoms. The smallest absolute Gasteiger partial charge is 0.134 e. The largest absolute Gasteiger partial charge is 0.459 e. The van der Waals surface area contributed by atoms with Crippen molar-refractivity contribution in [2.75, 3.05) is 9.80 Å². The SMILES string of the molecule is c1ccc(N2c3ccccc3C3(c4ccccc42)c2cc(-c4ccc5ccccc5c4)oc2C2(c4ccccc4N(c4ccccc4)c4ccccc42)c2cc(-c4ccc5ccccc5c4)oc23)cc1. The molecule has 328 valence electrons. The molecule has 2 aromatic heterocycles. The van der Waals surface area contributed by atoms with Crippen LogP contribution in [0.1, 0.15) is 44.9 Å². The topological polar surface area (TPSA) is 32.8 Å². The Kier molecular flexibility index (Phi) is 8.17. The van der Waals surface area contributed by atoms with Gasteiger partial charge in [-0.05, 0) is 117 Å². The molecule has 0 N–H and O–H groups in total. The Hall–Kier alpha value is -9.12. The molecule has 3 aliphatic rings. The summed E-state index contributed by atoms with van der Waals surface area (Å²) in [5.41, 5.74) is 13.1. The van der Waals surface area contributed by atoms with Gasteiger partial charge in [-0.3, -0.25) is 0 Å². The van der Waals surface area contributed by atoms with Crippen molar-refractivity contribution in [1.29, 1.82) is 0 Å². The van der Waals surface area contributed by atoms with Crippen molar-refractivity contribution < 1.29 is 8.83 Å². The van der Waals surface area contributed by atoms with Crippen molar-refractivity contribution in [3.8, 4) is 22.6 Å². The van der Waals surface area contributed by atoms with E-state index in [-0.39, 0.29) is 0 Å². The van der Waals surface area contributed by atoms with Gasteiger partial charge in [-0.1, -0.05) is 182 Å². The number of benzene rings is 10. The Bertz CT molecular complexity index is 3640. The van der Waals surface area contributed by atoms with Crippen LogP contribution in [-0.4, -0.2) is 0 Å². The lowest BCUT2D eigenvalue weighted by molar-refractivity contribution is 0.400. The Morgan fingerprint density at radius 1 is 0.257 bits per heavy atom. The molecule has 10 aromatic carbocycles. The number of nitrogens with zero attached hydrogens (tertiary/aromatic N) is 2. The molecule has 12 aromatic rings. The molecule has 2 spiro atoms. The molecule has 0 saturated heterocycles. The first-order valence-corrected chi connectivity index (χ1v) is 24.1. The molecule has 1 aliphatic carbocycles. The van der Waals surface area contributed by atoms with Gasteiger partial charge in [0.25, 0.3) is 0 Å². The Morgan fingerprint density at radius 3 is 0.943 bits per heavy atom. The third-order valence-electron chi connectivity index (χ3n) is 15.2. The van der Waals surface area contributed by atoms with E-state index in [2.05, 4.69) is 265 Å². The lowest BCUT2D eigenvalue weighted by atomic mass is 9.53. The normalized spacial score (nSPS) is 14.5. The number of rotatable bonds is 4. The molecule has 0 bridgehead atoms. The molecular weight excluding hydrogens is 853 g/mol. The van der Waals surface area contributed by atoms with Crippen LogP contribution in [0.5, 0.6) is 0 Å². The van der Waals surface area contributed by atoms with Crippen LogP contribution in [0.15, 0.2) is 264 Å². The van der Waals surface area contributed by atoms with Crippen molar-refractivity contribution in [3.05, 3.63) is 300 Å². The highest BCUT2D eigenvalue weighted by Gasteiger charge is 2.63. The minimum absolute atomic E-state index is 0.801. The van der Waals surface area contributed by atoms with E-state index >= 15 is 0 Å². The standard InChI is InChI=1S/C66H42N2O2/c1-3-23-49(24-4-1)67-57-31-15-11-27-51(57)65(52-28-12-16-32-58(52)67)55-41-61(47-37-35-43-19-7-9-21-45(43)39-47)70-64(55)66(56-42-62(69-63(56)65)48-38-36-44-20-8-10-22-46(44)40-48)53-29-13-17-33-59(53)68(50-25-5-2-6-26-50)60-34-18-14-30-54(60)66/h1-42H. The van der Waals surface area contributed by atoms with Crippen molar-refractivity contribution >= 4 is 55.7 Å². The molecule has 0 unspecified atom stereocenters. The first kappa shape index (κ1) is 38.9. The van der Waals surface area contributed by atoms with Crippen LogP contribution >= 0.6 is 0 Å².